The van der Waals surface area contributed by atoms with Gasteiger partial charge in [0.15, 0.2) is 5.82 Å². The van der Waals surface area contributed by atoms with Crippen LogP contribution in [0.1, 0.15) is 10.8 Å². The lowest BCUT2D eigenvalue weighted by atomic mass is 10.3. The van der Waals surface area contributed by atoms with Crippen molar-refractivity contribution in [3.63, 3.8) is 0 Å². The average Bonchev–Trinajstić information content (AvgIpc) is 3.09. The zero-order valence-electron chi connectivity index (χ0n) is 12.9. The molecule has 0 unspecified atom stereocenters. The maximum absolute atomic E-state index is 12.4. The maximum atomic E-state index is 12.4. The molecule has 0 aliphatic carbocycles. The summed E-state index contributed by atoms with van der Waals surface area (Å²) >= 11 is 7.26. The zero-order chi connectivity index (χ0) is 17.3. The second-order valence-electron chi connectivity index (χ2n) is 4.88. The number of halogens is 1. The summed E-state index contributed by atoms with van der Waals surface area (Å²) in [5.41, 5.74) is 0. The summed E-state index contributed by atoms with van der Waals surface area (Å²) in [6, 6.07) is 4.44. The summed E-state index contributed by atoms with van der Waals surface area (Å²) in [5, 5.41) is 13.3. The fraction of sp³-hybridized carbons (Fsp3) is 0.308. The van der Waals surface area contributed by atoms with Crippen LogP contribution in [0.15, 0.2) is 23.1 Å². The highest BCUT2D eigenvalue weighted by Gasteiger charge is 2.20. The molecule has 0 aliphatic heterocycles. The molecule has 0 amide bonds. The van der Waals surface area contributed by atoms with Crippen LogP contribution >= 0.6 is 22.9 Å². The van der Waals surface area contributed by atoms with Gasteiger partial charge in [-0.3, -0.25) is 0 Å². The first-order valence-electron chi connectivity index (χ1n) is 6.91. The fourth-order valence-electron chi connectivity index (χ4n) is 2.09. The summed E-state index contributed by atoms with van der Waals surface area (Å²) in [6.45, 7) is 2.00. The highest BCUT2D eigenvalue weighted by Crippen LogP contribution is 2.26. The number of fused-ring (bicyclic) bond motifs is 1. The summed E-state index contributed by atoms with van der Waals surface area (Å²) in [6.07, 6.45) is 0.440. The molecule has 1 N–H and O–H groups in total. The van der Waals surface area contributed by atoms with Crippen LogP contribution in [0.2, 0.25) is 5.02 Å². The van der Waals surface area contributed by atoms with Gasteiger partial charge in [0.2, 0.25) is 15.0 Å². The van der Waals surface area contributed by atoms with Crippen LogP contribution in [-0.4, -0.2) is 41.9 Å². The molecule has 0 aliphatic rings. The largest absolute Gasteiger partial charge is 0.495 e. The van der Waals surface area contributed by atoms with Crippen LogP contribution in [0.3, 0.4) is 0 Å². The molecule has 1 aromatic carbocycles. The van der Waals surface area contributed by atoms with Gasteiger partial charge in [-0.05, 0) is 25.1 Å². The first kappa shape index (κ1) is 17.1. The second kappa shape index (κ2) is 6.63. The van der Waals surface area contributed by atoms with Gasteiger partial charge in [0, 0.05) is 18.0 Å². The van der Waals surface area contributed by atoms with Gasteiger partial charge >= 0.3 is 0 Å². The smallest absolute Gasteiger partial charge is 0.244 e. The summed E-state index contributed by atoms with van der Waals surface area (Å²) < 4.78 is 34.1. The molecule has 0 fully saturated rings. The lowest BCUT2D eigenvalue weighted by Gasteiger charge is -2.10. The monoisotopic (exact) mass is 387 g/mol. The number of aromatic nitrogens is 4. The number of methoxy groups -OCH3 is 1. The average molecular weight is 388 g/mol. The van der Waals surface area contributed by atoms with Gasteiger partial charge in [-0.25, -0.2) is 13.1 Å². The Morgan fingerprint density at radius 1 is 1.38 bits per heavy atom. The SMILES string of the molecule is COc1ccc(Cl)cc1S(=O)(=O)NCCc1nn2c(C)nnc2s1. The highest BCUT2D eigenvalue weighted by atomic mass is 35.5. The van der Waals surface area contributed by atoms with E-state index in [0.717, 1.165) is 5.01 Å². The summed E-state index contributed by atoms with van der Waals surface area (Å²) in [5.74, 6) is 0.929. The number of benzene rings is 1. The van der Waals surface area contributed by atoms with Gasteiger partial charge in [-0.1, -0.05) is 22.9 Å². The van der Waals surface area contributed by atoms with Crippen molar-refractivity contribution in [1.82, 2.24) is 24.5 Å². The Hall–Kier alpha value is -1.75. The minimum absolute atomic E-state index is 0.00601. The van der Waals surface area contributed by atoms with Gasteiger partial charge in [0.1, 0.15) is 15.7 Å². The number of aryl methyl sites for hydroxylation is 1. The van der Waals surface area contributed by atoms with Crippen molar-refractivity contribution in [2.24, 2.45) is 0 Å². The predicted molar refractivity (Wildman–Crippen MR) is 90.3 cm³/mol. The van der Waals surface area contributed by atoms with E-state index in [2.05, 4.69) is 20.0 Å². The van der Waals surface area contributed by atoms with E-state index < -0.39 is 10.0 Å². The van der Waals surface area contributed by atoms with Crippen molar-refractivity contribution in [2.45, 2.75) is 18.2 Å². The van der Waals surface area contributed by atoms with E-state index in [-0.39, 0.29) is 17.2 Å². The molecule has 0 saturated carbocycles. The van der Waals surface area contributed by atoms with Gasteiger partial charge in [-0.2, -0.15) is 9.61 Å². The lowest BCUT2D eigenvalue weighted by molar-refractivity contribution is 0.402. The number of sulfonamides is 1. The minimum Gasteiger partial charge on any atom is -0.495 e. The molecule has 0 radical (unpaired) electrons. The molecule has 2 heterocycles. The van der Waals surface area contributed by atoms with Crippen molar-refractivity contribution in [1.29, 1.82) is 0 Å². The van der Waals surface area contributed by atoms with E-state index in [4.69, 9.17) is 16.3 Å². The van der Waals surface area contributed by atoms with Crippen LogP contribution in [0.4, 0.5) is 0 Å². The molecular weight excluding hydrogens is 374 g/mol. The van der Waals surface area contributed by atoms with Crippen molar-refractivity contribution < 1.29 is 13.2 Å². The number of nitrogens with zero attached hydrogens (tertiary/aromatic N) is 4. The number of hydrogen-bond acceptors (Lipinski definition) is 7. The zero-order valence-corrected chi connectivity index (χ0v) is 15.2. The van der Waals surface area contributed by atoms with Crippen molar-refractivity contribution in [2.75, 3.05) is 13.7 Å². The topological polar surface area (TPSA) is 98.5 Å². The van der Waals surface area contributed by atoms with Crippen LogP contribution in [0, 0.1) is 6.92 Å². The third-order valence-corrected chi connectivity index (χ3v) is 5.91. The molecule has 0 bridgehead atoms. The molecule has 0 saturated heterocycles. The molecule has 3 rings (SSSR count). The molecule has 128 valence electrons. The van der Waals surface area contributed by atoms with Gasteiger partial charge in [0.25, 0.3) is 0 Å². The van der Waals surface area contributed by atoms with Crippen molar-refractivity contribution in [3.8, 4) is 5.75 Å². The van der Waals surface area contributed by atoms with Crippen molar-refractivity contribution in [3.05, 3.63) is 34.1 Å². The van der Waals surface area contributed by atoms with E-state index in [1.54, 1.807) is 17.5 Å². The molecule has 0 spiro atoms. The third-order valence-electron chi connectivity index (χ3n) is 3.23. The Morgan fingerprint density at radius 2 is 2.17 bits per heavy atom. The van der Waals surface area contributed by atoms with E-state index >= 15 is 0 Å². The van der Waals surface area contributed by atoms with Gasteiger partial charge in [-0.15, -0.1) is 10.2 Å². The first-order chi connectivity index (χ1) is 11.4. The molecular formula is C13H14ClN5O3S2. The van der Waals surface area contributed by atoms with Crippen LogP contribution in [-0.2, 0) is 16.4 Å². The quantitative estimate of drug-likeness (QED) is 0.690. The molecule has 3 aromatic rings. The molecule has 2 aromatic heterocycles. The Bertz CT molecular complexity index is 983. The standard InChI is InChI=1S/C13H14ClN5O3S2/c1-8-16-17-13-19(8)18-12(23-13)5-6-15-24(20,21)11-7-9(14)3-4-10(11)22-2/h3-4,7,15H,5-6H2,1-2H3. The molecule has 11 heteroatoms. The van der Waals surface area contributed by atoms with E-state index in [1.165, 1.54) is 30.6 Å². The number of hydrogen-bond donors (Lipinski definition) is 1. The lowest BCUT2D eigenvalue weighted by Crippen LogP contribution is -2.26. The maximum Gasteiger partial charge on any atom is 0.244 e. The molecule has 8 nitrogen and oxygen atoms in total. The van der Waals surface area contributed by atoms with Crippen LogP contribution < -0.4 is 9.46 Å². The predicted octanol–water partition coefficient (Wildman–Crippen LogP) is 1.68. The van der Waals surface area contributed by atoms with Gasteiger partial charge in [0.05, 0.1) is 7.11 Å². The fourth-order valence-corrected chi connectivity index (χ4v) is 4.43. The van der Waals surface area contributed by atoms with E-state index in [9.17, 15) is 8.42 Å². The molecule has 24 heavy (non-hydrogen) atoms. The Morgan fingerprint density at radius 3 is 2.88 bits per heavy atom. The van der Waals surface area contributed by atoms with Crippen LogP contribution in [0.5, 0.6) is 5.75 Å². The Labute approximate surface area is 147 Å². The Balaban J connectivity index is 1.72. The van der Waals surface area contributed by atoms with Crippen molar-refractivity contribution >= 4 is 37.9 Å². The third kappa shape index (κ3) is 3.36. The highest BCUT2D eigenvalue weighted by molar-refractivity contribution is 7.89. The summed E-state index contributed by atoms with van der Waals surface area (Å²) in [4.78, 5) is 0.688. The second-order valence-corrected chi connectivity index (χ2v) is 8.09. The number of ether oxygens (including phenoxy) is 1. The first-order valence-corrected chi connectivity index (χ1v) is 9.59. The summed E-state index contributed by atoms with van der Waals surface area (Å²) in [7, 11) is -2.33. The van der Waals surface area contributed by atoms with Gasteiger partial charge < -0.3 is 4.74 Å². The normalized spacial score (nSPS) is 12.0. The molecule has 0 atom stereocenters. The van der Waals surface area contributed by atoms with E-state index in [0.29, 0.717) is 22.2 Å². The van der Waals surface area contributed by atoms with Crippen LogP contribution in [0.25, 0.3) is 4.96 Å². The Kier molecular flexibility index (Phi) is 4.72. The minimum atomic E-state index is -3.74. The number of nitrogens with one attached hydrogen (secondary N) is 1. The number of rotatable bonds is 6. The van der Waals surface area contributed by atoms with E-state index in [1.807, 2.05) is 0 Å².